The van der Waals surface area contributed by atoms with E-state index in [0.29, 0.717) is 56.2 Å². The van der Waals surface area contributed by atoms with E-state index in [2.05, 4.69) is 38.6 Å². The number of amides is 2. The molecule has 2 amide bonds. The third kappa shape index (κ3) is 3.47. The van der Waals surface area contributed by atoms with Gasteiger partial charge in [0.2, 0.25) is 5.91 Å². The highest BCUT2D eigenvalue weighted by Crippen LogP contribution is 2.34. The lowest BCUT2D eigenvalue weighted by Crippen LogP contribution is -2.67. The van der Waals surface area contributed by atoms with Crippen LogP contribution in [0.4, 0.5) is 5.82 Å². The molecule has 1 saturated heterocycles. The van der Waals surface area contributed by atoms with Crippen LogP contribution in [0.15, 0.2) is 30.7 Å². The first-order chi connectivity index (χ1) is 13.9. The second-order valence-electron chi connectivity index (χ2n) is 8.18. The molecule has 2 aliphatic heterocycles. The second-order valence-corrected chi connectivity index (χ2v) is 8.18. The fourth-order valence-electron chi connectivity index (χ4n) is 4.38. The highest BCUT2D eigenvalue weighted by atomic mass is 16.2. The summed E-state index contributed by atoms with van der Waals surface area (Å²) in [5.41, 5.74) is 0.116. The Morgan fingerprint density at radius 2 is 2.00 bits per heavy atom. The number of hydrogen-bond donors (Lipinski definition) is 1. The predicted octanol–water partition coefficient (Wildman–Crippen LogP) is 1.99. The van der Waals surface area contributed by atoms with Gasteiger partial charge < -0.3 is 19.7 Å². The van der Waals surface area contributed by atoms with Crippen LogP contribution in [0.2, 0.25) is 0 Å². The second kappa shape index (κ2) is 7.50. The molecular weight excluding hydrogens is 368 g/mol. The molecule has 2 aromatic heterocycles. The maximum Gasteiger partial charge on any atom is 0.256 e. The lowest BCUT2D eigenvalue weighted by Gasteiger charge is -2.50. The first kappa shape index (κ1) is 19.4. The van der Waals surface area contributed by atoms with Crippen LogP contribution in [0.25, 0.3) is 0 Å². The minimum Gasteiger partial charge on any atom is -0.342 e. The lowest BCUT2D eigenvalue weighted by molar-refractivity contribution is -0.133. The van der Waals surface area contributed by atoms with E-state index in [4.69, 9.17) is 0 Å². The predicted molar refractivity (Wildman–Crippen MR) is 110 cm³/mol. The summed E-state index contributed by atoms with van der Waals surface area (Å²) in [5.74, 6) is 2.10. The van der Waals surface area contributed by atoms with Crippen molar-refractivity contribution >= 4 is 17.6 Å². The van der Waals surface area contributed by atoms with Crippen LogP contribution >= 0.6 is 0 Å². The van der Waals surface area contributed by atoms with Crippen LogP contribution < -0.4 is 10.2 Å². The molecular formula is C21H28N6O2. The van der Waals surface area contributed by atoms with Crippen LogP contribution in [0, 0.1) is 0 Å². The number of hydrogen-bond acceptors (Lipinski definition) is 5. The normalized spacial score (nSPS) is 18.1. The van der Waals surface area contributed by atoms with Gasteiger partial charge in [-0.1, -0.05) is 13.8 Å². The minimum atomic E-state index is -0.482. The molecule has 8 heteroatoms. The number of carbonyl (C=O) groups is 2. The van der Waals surface area contributed by atoms with E-state index in [1.165, 1.54) is 0 Å². The summed E-state index contributed by atoms with van der Waals surface area (Å²) < 4.78 is 2.06. The summed E-state index contributed by atoms with van der Waals surface area (Å²) in [6.07, 6.45) is 7.25. The lowest BCUT2D eigenvalue weighted by atomic mass is 9.91. The molecule has 2 aromatic rings. The molecule has 0 aliphatic carbocycles. The summed E-state index contributed by atoms with van der Waals surface area (Å²) in [6, 6.07) is 3.57. The highest BCUT2D eigenvalue weighted by molar-refractivity contribution is 6.01. The number of likely N-dealkylation sites (tertiary alicyclic amines) is 1. The average Bonchev–Trinajstić information content (AvgIpc) is 3.20. The zero-order valence-corrected chi connectivity index (χ0v) is 17.3. The Balaban J connectivity index is 1.39. The summed E-state index contributed by atoms with van der Waals surface area (Å²) in [4.78, 5) is 38.1. The summed E-state index contributed by atoms with van der Waals surface area (Å²) in [5, 5.41) is 3.17. The number of nitrogens with zero attached hydrogens (tertiary/aromatic N) is 5. The Morgan fingerprint density at radius 3 is 2.72 bits per heavy atom. The molecule has 0 saturated carbocycles. The van der Waals surface area contributed by atoms with Crippen molar-refractivity contribution in [2.24, 2.45) is 0 Å². The van der Waals surface area contributed by atoms with Crippen molar-refractivity contribution in [1.82, 2.24) is 24.8 Å². The van der Waals surface area contributed by atoms with E-state index in [1.54, 1.807) is 24.5 Å². The number of aryl methyl sites for hydroxylation is 1. The monoisotopic (exact) mass is 396 g/mol. The number of fused-ring (bicyclic) bond motifs is 1. The van der Waals surface area contributed by atoms with E-state index in [9.17, 15) is 9.59 Å². The van der Waals surface area contributed by atoms with E-state index in [-0.39, 0.29) is 11.8 Å². The molecule has 0 radical (unpaired) electrons. The SMILES string of the molecule is CC(C)c1nccn1CCC(=O)N1CCC2(CC1)NC(=O)c1cccnc1N2C. The van der Waals surface area contributed by atoms with Crippen LogP contribution in [0.1, 0.15) is 55.2 Å². The molecule has 1 N–H and O–H groups in total. The van der Waals surface area contributed by atoms with Crippen molar-refractivity contribution in [3.8, 4) is 0 Å². The van der Waals surface area contributed by atoms with Gasteiger partial charge >= 0.3 is 0 Å². The molecule has 2 aliphatic rings. The fraction of sp³-hybridized carbons (Fsp3) is 0.524. The molecule has 1 fully saturated rings. The van der Waals surface area contributed by atoms with Crippen molar-refractivity contribution < 1.29 is 9.59 Å². The first-order valence-corrected chi connectivity index (χ1v) is 10.2. The summed E-state index contributed by atoms with van der Waals surface area (Å²) in [6.45, 7) is 6.08. The Hall–Kier alpha value is -2.90. The number of imidazole rings is 1. The van der Waals surface area contributed by atoms with Gasteiger partial charge in [0.1, 0.15) is 17.3 Å². The number of anilines is 1. The van der Waals surface area contributed by atoms with Crippen LogP contribution in [-0.4, -0.2) is 57.0 Å². The van der Waals surface area contributed by atoms with Gasteiger partial charge in [0.25, 0.3) is 5.91 Å². The Bertz CT molecular complexity index is 913. The van der Waals surface area contributed by atoms with Gasteiger partial charge in [-0.15, -0.1) is 0 Å². The molecule has 8 nitrogen and oxygen atoms in total. The third-order valence-electron chi connectivity index (χ3n) is 6.11. The highest BCUT2D eigenvalue weighted by Gasteiger charge is 2.45. The van der Waals surface area contributed by atoms with Crippen LogP contribution in [0.3, 0.4) is 0 Å². The van der Waals surface area contributed by atoms with Gasteiger partial charge in [-0.2, -0.15) is 0 Å². The van der Waals surface area contributed by atoms with Crippen molar-refractivity contribution in [1.29, 1.82) is 0 Å². The summed E-state index contributed by atoms with van der Waals surface area (Å²) >= 11 is 0. The maximum absolute atomic E-state index is 12.8. The molecule has 29 heavy (non-hydrogen) atoms. The molecule has 0 atom stereocenters. The van der Waals surface area contributed by atoms with E-state index < -0.39 is 5.66 Å². The zero-order chi connectivity index (χ0) is 20.6. The quantitative estimate of drug-likeness (QED) is 0.855. The fourth-order valence-corrected chi connectivity index (χ4v) is 4.38. The molecule has 0 unspecified atom stereocenters. The van der Waals surface area contributed by atoms with Crippen molar-refractivity contribution in [2.45, 2.75) is 51.2 Å². The number of pyridine rings is 1. The average molecular weight is 396 g/mol. The molecule has 4 rings (SSSR count). The van der Waals surface area contributed by atoms with Crippen molar-refractivity contribution in [2.75, 3.05) is 25.0 Å². The topological polar surface area (TPSA) is 83.4 Å². The van der Waals surface area contributed by atoms with E-state index in [0.717, 1.165) is 5.82 Å². The largest absolute Gasteiger partial charge is 0.342 e. The molecule has 0 bridgehead atoms. The van der Waals surface area contributed by atoms with Crippen molar-refractivity contribution in [3.05, 3.63) is 42.1 Å². The Morgan fingerprint density at radius 1 is 1.24 bits per heavy atom. The third-order valence-corrected chi connectivity index (χ3v) is 6.11. The zero-order valence-electron chi connectivity index (χ0n) is 17.3. The standard InChI is InChI=1S/C21H28N6O2/c1-15(2)18-23-10-14-27(18)11-6-17(28)26-12-7-21(8-13-26)24-20(29)16-5-4-9-22-19(16)25(21)3/h4-5,9-10,14-15H,6-8,11-13H2,1-3H3,(H,24,29). The molecule has 4 heterocycles. The van der Waals surface area contributed by atoms with Crippen molar-refractivity contribution in [3.63, 3.8) is 0 Å². The number of piperidine rings is 1. The van der Waals surface area contributed by atoms with Gasteiger partial charge in [0.15, 0.2) is 0 Å². The Labute approximate surface area is 170 Å². The van der Waals surface area contributed by atoms with Gasteiger partial charge in [-0.3, -0.25) is 9.59 Å². The molecule has 0 aromatic carbocycles. The van der Waals surface area contributed by atoms with Gasteiger partial charge in [0.05, 0.1) is 5.56 Å². The van der Waals surface area contributed by atoms with Crippen LogP contribution in [0.5, 0.6) is 0 Å². The Kier molecular flexibility index (Phi) is 5.02. The van der Waals surface area contributed by atoms with Gasteiger partial charge in [-0.05, 0) is 12.1 Å². The molecule has 1 spiro atoms. The minimum absolute atomic E-state index is 0.0905. The number of rotatable bonds is 4. The maximum atomic E-state index is 12.8. The van der Waals surface area contributed by atoms with Crippen LogP contribution in [-0.2, 0) is 11.3 Å². The first-order valence-electron chi connectivity index (χ1n) is 10.2. The van der Waals surface area contributed by atoms with E-state index in [1.807, 2.05) is 18.1 Å². The smallest absolute Gasteiger partial charge is 0.256 e. The summed E-state index contributed by atoms with van der Waals surface area (Å²) in [7, 11) is 1.97. The number of carbonyl (C=O) groups excluding carboxylic acids is 2. The molecule has 154 valence electrons. The number of nitrogens with one attached hydrogen (secondary N) is 1. The van der Waals surface area contributed by atoms with Gasteiger partial charge in [-0.25, -0.2) is 9.97 Å². The van der Waals surface area contributed by atoms with Gasteiger partial charge in [0, 0.05) is 70.5 Å². The van der Waals surface area contributed by atoms with E-state index >= 15 is 0 Å². The number of aromatic nitrogens is 3.